The third-order valence-corrected chi connectivity index (χ3v) is 3.47. The molecule has 18 heavy (non-hydrogen) atoms. The summed E-state index contributed by atoms with van der Waals surface area (Å²) in [6.45, 7) is 0.461. The van der Waals surface area contributed by atoms with E-state index >= 15 is 0 Å². The largest absolute Gasteiger partial charge is 0.381 e. The van der Waals surface area contributed by atoms with Crippen molar-refractivity contribution in [2.45, 2.75) is 38.0 Å². The molecule has 2 rings (SSSR count). The van der Waals surface area contributed by atoms with Gasteiger partial charge in [0.2, 0.25) is 0 Å². The van der Waals surface area contributed by atoms with Crippen molar-refractivity contribution in [3.05, 3.63) is 35.1 Å². The average Bonchev–Trinajstić information content (AvgIpc) is 2.86. The van der Waals surface area contributed by atoms with E-state index < -0.39 is 0 Å². The second kappa shape index (κ2) is 5.94. The van der Waals surface area contributed by atoms with E-state index in [0.29, 0.717) is 29.8 Å². The summed E-state index contributed by atoms with van der Waals surface area (Å²) in [5, 5.41) is 12.1. The Hall–Kier alpha value is -1.44. The van der Waals surface area contributed by atoms with Gasteiger partial charge >= 0.3 is 0 Å². The van der Waals surface area contributed by atoms with E-state index in [-0.39, 0.29) is 5.82 Å². The number of hydrogen-bond donors (Lipinski definition) is 1. The summed E-state index contributed by atoms with van der Waals surface area (Å²) in [6, 6.07) is 6.85. The van der Waals surface area contributed by atoms with Crippen LogP contribution in [-0.4, -0.2) is 19.3 Å². The van der Waals surface area contributed by atoms with E-state index in [0.717, 1.165) is 19.3 Å². The Labute approximate surface area is 107 Å². The number of methoxy groups -OCH3 is 1. The van der Waals surface area contributed by atoms with E-state index in [4.69, 9.17) is 10.00 Å². The van der Waals surface area contributed by atoms with Gasteiger partial charge in [-0.05, 0) is 37.5 Å². The molecule has 1 N–H and O–H groups in total. The highest BCUT2D eigenvalue weighted by Gasteiger charge is 2.23. The Kier molecular flexibility index (Phi) is 4.29. The topological polar surface area (TPSA) is 45.0 Å². The molecule has 0 spiro atoms. The van der Waals surface area contributed by atoms with Gasteiger partial charge in [-0.3, -0.25) is 0 Å². The summed E-state index contributed by atoms with van der Waals surface area (Å²) >= 11 is 0. The molecule has 0 bridgehead atoms. The number of hydrogen-bond acceptors (Lipinski definition) is 3. The zero-order chi connectivity index (χ0) is 13.0. The van der Waals surface area contributed by atoms with Crippen molar-refractivity contribution < 1.29 is 9.13 Å². The number of rotatable bonds is 4. The highest BCUT2D eigenvalue weighted by atomic mass is 19.1. The van der Waals surface area contributed by atoms with Crippen molar-refractivity contribution >= 4 is 0 Å². The minimum Gasteiger partial charge on any atom is -0.381 e. The first-order chi connectivity index (χ1) is 8.72. The van der Waals surface area contributed by atoms with Gasteiger partial charge in [0.25, 0.3) is 0 Å². The number of benzene rings is 1. The molecule has 0 radical (unpaired) electrons. The molecule has 0 heterocycles. The Morgan fingerprint density at radius 1 is 1.50 bits per heavy atom. The zero-order valence-corrected chi connectivity index (χ0v) is 10.4. The lowest BCUT2D eigenvalue weighted by Gasteiger charge is -2.13. The highest BCUT2D eigenvalue weighted by molar-refractivity contribution is 5.33. The van der Waals surface area contributed by atoms with Crippen molar-refractivity contribution in [3.8, 4) is 6.07 Å². The summed E-state index contributed by atoms with van der Waals surface area (Å²) in [5.74, 6) is -0.261. The molecule has 2 atom stereocenters. The molecule has 1 fully saturated rings. The van der Waals surface area contributed by atoms with Crippen LogP contribution in [0.5, 0.6) is 0 Å². The summed E-state index contributed by atoms with van der Waals surface area (Å²) in [5.41, 5.74) is 1.05. The Morgan fingerprint density at radius 3 is 3.00 bits per heavy atom. The van der Waals surface area contributed by atoms with Crippen molar-refractivity contribution in [2.24, 2.45) is 0 Å². The third-order valence-electron chi connectivity index (χ3n) is 3.47. The standard InChI is InChI=1S/C14H17FN2O/c1-18-13-4-3-12(7-13)17-9-11-6-10(8-16)2-5-14(11)15/h2,5-6,12-13,17H,3-4,7,9H2,1H3. The van der Waals surface area contributed by atoms with Crippen LogP contribution in [0.15, 0.2) is 18.2 Å². The molecule has 0 aliphatic heterocycles. The van der Waals surface area contributed by atoms with Crippen LogP contribution in [-0.2, 0) is 11.3 Å². The van der Waals surface area contributed by atoms with Crippen LogP contribution in [0.4, 0.5) is 4.39 Å². The van der Waals surface area contributed by atoms with Gasteiger partial charge in [0.05, 0.1) is 17.7 Å². The van der Waals surface area contributed by atoms with Crippen LogP contribution in [0.25, 0.3) is 0 Å². The molecular weight excluding hydrogens is 231 g/mol. The van der Waals surface area contributed by atoms with Crippen LogP contribution in [0, 0.1) is 17.1 Å². The highest BCUT2D eigenvalue weighted by Crippen LogP contribution is 2.22. The van der Waals surface area contributed by atoms with E-state index in [1.165, 1.54) is 12.1 Å². The molecule has 0 amide bonds. The predicted octanol–water partition coefficient (Wildman–Crippen LogP) is 2.35. The van der Waals surface area contributed by atoms with Crippen molar-refractivity contribution in [1.82, 2.24) is 5.32 Å². The number of nitriles is 1. The first kappa shape index (κ1) is 13.0. The second-order valence-corrected chi connectivity index (χ2v) is 4.67. The predicted molar refractivity (Wildman–Crippen MR) is 66.4 cm³/mol. The molecule has 1 aliphatic rings. The maximum Gasteiger partial charge on any atom is 0.127 e. The molecule has 96 valence electrons. The maximum atomic E-state index is 13.5. The Morgan fingerprint density at radius 2 is 2.33 bits per heavy atom. The lowest BCUT2D eigenvalue weighted by Crippen LogP contribution is -2.27. The van der Waals surface area contributed by atoms with E-state index in [1.54, 1.807) is 13.2 Å². The SMILES string of the molecule is COC1CCC(NCc2cc(C#N)ccc2F)C1. The maximum absolute atomic E-state index is 13.5. The fourth-order valence-corrected chi connectivity index (χ4v) is 2.37. The summed E-state index contributed by atoms with van der Waals surface area (Å²) < 4.78 is 18.8. The minimum atomic E-state index is -0.261. The van der Waals surface area contributed by atoms with Crippen LogP contribution in [0.2, 0.25) is 0 Å². The summed E-state index contributed by atoms with van der Waals surface area (Å²) in [6.07, 6.45) is 3.39. The molecule has 0 aromatic heterocycles. The van der Waals surface area contributed by atoms with Crippen molar-refractivity contribution in [3.63, 3.8) is 0 Å². The third kappa shape index (κ3) is 3.06. The molecule has 1 aromatic rings. The fraction of sp³-hybridized carbons (Fsp3) is 0.500. The van der Waals surface area contributed by atoms with Crippen LogP contribution in [0.3, 0.4) is 0 Å². The van der Waals surface area contributed by atoms with Gasteiger partial charge in [0.1, 0.15) is 5.82 Å². The van der Waals surface area contributed by atoms with E-state index in [9.17, 15) is 4.39 Å². The van der Waals surface area contributed by atoms with E-state index in [1.807, 2.05) is 6.07 Å². The van der Waals surface area contributed by atoms with Gasteiger partial charge in [0.15, 0.2) is 0 Å². The van der Waals surface area contributed by atoms with Gasteiger partial charge in [-0.25, -0.2) is 4.39 Å². The molecule has 2 unspecified atom stereocenters. The van der Waals surface area contributed by atoms with Gasteiger partial charge in [-0.2, -0.15) is 5.26 Å². The minimum absolute atomic E-state index is 0.261. The Bertz CT molecular complexity index is 456. The lowest BCUT2D eigenvalue weighted by molar-refractivity contribution is 0.107. The smallest absolute Gasteiger partial charge is 0.127 e. The molecule has 1 aromatic carbocycles. The molecule has 4 heteroatoms. The molecule has 1 saturated carbocycles. The Balaban J connectivity index is 1.92. The van der Waals surface area contributed by atoms with Gasteiger partial charge in [0, 0.05) is 25.3 Å². The van der Waals surface area contributed by atoms with Crippen molar-refractivity contribution in [2.75, 3.05) is 7.11 Å². The second-order valence-electron chi connectivity index (χ2n) is 4.67. The summed E-state index contributed by atoms with van der Waals surface area (Å²) in [7, 11) is 1.73. The number of ether oxygens (including phenoxy) is 1. The van der Waals surface area contributed by atoms with E-state index in [2.05, 4.69) is 5.32 Å². The van der Waals surface area contributed by atoms with Crippen molar-refractivity contribution in [1.29, 1.82) is 5.26 Å². The van der Waals surface area contributed by atoms with Crippen LogP contribution >= 0.6 is 0 Å². The molecular formula is C14H17FN2O. The zero-order valence-electron chi connectivity index (χ0n) is 10.4. The normalized spacial score (nSPS) is 22.9. The van der Waals surface area contributed by atoms with Crippen LogP contribution < -0.4 is 5.32 Å². The first-order valence-electron chi connectivity index (χ1n) is 6.17. The van der Waals surface area contributed by atoms with Gasteiger partial charge in [-0.15, -0.1) is 0 Å². The van der Waals surface area contributed by atoms with Gasteiger partial charge in [-0.1, -0.05) is 0 Å². The molecule has 1 aliphatic carbocycles. The monoisotopic (exact) mass is 248 g/mol. The average molecular weight is 248 g/mol. The molecule has 0 saturated heterocycles. The first-order valence-corrected chi connectivity index (χ1v) is 6.17. The number of halogens is 1. The fourth-order valence-electron chi connectivity index (χ4n) is 2.37. The quantitative estimate of drug-likeness (QED) is 0.889. The number of nitrogens with zero attached hydrogens (tertiary/aromatic N) is 1. The summed E-state index contributed by atoms with van der Waals surface area (Å²) in [4.78, 5) is 0. The van der Waals surface area contributed by atoms with Gasteiger partial charge < -0.3 is 10.1 Å². The molecule has 3 nitrogen and oxygen atoms in total. The van der Waals surface area contributed by atoms with Crippen LogP contribution in [0.1, 0.15) is 30.4 Å². The lowest BCUT2D eigenvalue weighted by atomic mass is 10.1. The number of nitrogens with one attached hydrogen (secondary N) is 1.